The van der Waals surface area contributed by atoms with Crippen LogP contribution in [0.5, 0.6) is 0 Å². The normalized spacial score (nSPS) is 11.7. The molecule has 1 unspecified atom stereocenters. The maximum absolute atomic E-state index is 11.7. The summed E-state index contributed by atoms with van der Waals surface area (Å²) in [5.41, 5.74) is 6.93. The Labute approximate surface area is 113 Å². The fourth-order valence-corrected chi connectivity index (χ4v) is 1.67. The summed E-state index contributed by atoms with van der Waals surface area (Å²) in [6, 6.07) is 6.92. The van der Waals surface area contributed by atoms with Gasteiger partial charge in [0.2, 0.25) is 5.91 Å². The van der Waals surface area contributed by atoms with E-state index in [1.54, 1.807) is 24.3 Å². The molecule has 5 nitrogen and oxygen atoms in total. The van der Waals surface area contributed by atoms with Crippen LogP contribution < -0.4 is 11.1 Å². The first-order valence-electron chi connectivity index (χ1n) is 6.27. The molecule has 0 fully saturated rings. The van der Waals surface area contributed by atoms with Gasteiger partial charge in [-0.05, 0) is 24.1 Å². The molecular weight excluding hydrogens is 244 g/mol. The number of benzene rings is 1. The third kappa shape index (κ3) is 4.37. The molecule has 19 heavy (non-hydrogen) atoms. The van der Waals surface area contributed by atoms with Crippen molar-refractivity contribution in [2.24, 2.45) is 11.7 Å². The van der Waals surface area contributed by atoms with Crippen LogP contribution in [0.1, 0.15) is 29.3 Å². The zero-order chi connectivity index (χ0) is 14.3. The van der Waals surface area contributed by atoms with Crippen molar-refractivity contribution in [3.05, 3.63) is 35.4 Å². The summed E-state index contributed by atoms with van der Waals surface area (Å²) in [6.07, 6.45) is 0.726. The second-order valence-corrected chi connectivity index (χ2v) is 4.25. The van der Waals surface area contributed by atoms with Gasteiger partial charge in [-0.2, -0.15) is 0 Å². The summed E-state index contributed by atoms with van der Waals surface area (Å²) in [5, 5.41) is 2.83. The number of methoxy groups -OCH3 is 1. The van der Waals surface area contributed by atoms with Crippen LogP contribution >= 0.6 is 0 Å². The van der Waals surface area contributed by atoms with Crippen molar-refractivity contribution >= 4 is 11.9 Å². The topological polar surface area (TPSA) is 81.4 Å². The SMILES string of the molecule is CCC(CN)C(=O)NCc1ccc(C(=O)OC)cc1. The van der Waals surface area contributed by atoms with Crippen molar-refractivity contribution in [3.8, 4) is 0 Å². The molecule has 1 atom stereocenters. The second kappa shape index (κ2) is 7.53. The zero-order valence-corrected chi connectivity index (χ0v) is 11.3. The quantitative estimate of drug-likeness (QED) is 0.753. The Hall–Kier alpha value is -1.88. The fourth-order valence-electron chi connectivity index (χ4n) is 1.67. The van der Waals surface area contributed by atoms with Gasteiger partial charge >= 0.3 is 5.97 Å². The highest BCUT2D eigenvalue weighted by atomic mass is 16.5. The molecule has 5 heteroatoms. The van der Waals surface area contributed by atoms with Gasteiger partial charge in [0.25, 0.3) is 0 Å². The van der Waals surface area contributed by atoms with E-state index in [1.165, 1.54) is 7.11 Å². The molecule has 0 saturated carbocycles. The number of nitrogens with one attached hydrogen (secondary N) is 1. The first-order valence-corrected chi connectivity index (χ1v) is 6.27. The van der Waals surface area contributed by atoms with Gasteiger partial charge in [0.05, 0.1) is 12.7 Å². The summed E-state index contributed by atoms with van der Waals surface area (Å²) in [4.78, 5) is 23.0. The minimum atomic E-state index is -0.371. The molecule has 1 rings (SSSR count). The van der Waals surface area contributed by atoms with E-state index in [-0.39, 0.29) is 17.8 Å². The molecule has 1 aromatic rings. The minimum absolute atomic E-state index is 0.0398. The summed E-state index contributed by atoms with van der Waals surface area (Å²) < 4.78 is 4.61. The van der Waals surface area contributed by atoms with E-state index < -0.39 is 0 Å². The van der Waals surface area contributed by atoms with Gasteiger partial charge in [-0.15, -0.1) is 0 Å². The molecule has 0 heterocycles. The number of amides is 1. The zero-order valence-electron chi connectivity index (χ0n) is 11.3. The summed E-state index contributed by atoms with van der Waals surface area (Å²) in [6.45, 7) is 2.71. The van der Waals surface area contributed by atoms with Crippen LogP contribution in [0.25, 0.3) is 0 Å². The Morgan fingerprint density at radius 1 is 1.32 bits per heavy atom. The van der Waals surface area contributed by atoms with E-state index in [0.717, 1.165) is 12.0 Å². The third-order valence-electron chi connectivity index (χ3n) is 2.99. The highest BCUT2D eigenvalue weighted by Crippen LogP contribution is 2.06. The van der Waals surface area contributed by atoms with Crippen LogP contribution in [0.2, 0.25) is 0 Å². The van der Waals surface area contributed by atoms with Crippen molar-refractivity contribution in [2.75, 3.05) is 13.7 Å². The van der Waals surface area contributed by atoms with Crippen molar-refractivity contribution < 1.29 is 14.3 Å². The average molecular weight is 264 g/mol. The van der Waals surface area contributed by atoms with Crippen LogP contribution in [-0.2, 0) is 16.1 Å². The Balaban J connectivity index is 2.54. The summed E-state index contributed by atoms with van der Waals surface area (Å²) in [5.74, 6) is -0.554. The van der Waals surface area contributed by atoms with E-state index in [9.17, 15) is 9.59 Å². The van der Waals surface area contributed by atoms with Crippen molar-refractivity contribution in [1.29, 1.82) is 0 Å². The molecular formula is C14H20N2O3. The van der Waals surface area contributed by atoms with Gasteiger partial charge in [0, 0.05) is 19.0 Å². The summed E-state index contributed by atoms with van der Waals surface area (Å²) >= 11 is 0. The van der Waals surface area contributed by atoms with E-state index in [0.29, 0.717) is 18.7 Å². The van der Waals surface area contributed by atoms with Crippen molar-refractivity contribution in [2.45, 2.75) is 19.9 Å². The lowest BCUT2D eigenvalue weighted by Gasteiger charge is -2.12. The van der Waals surface area contributed by atoms with Gasteiger partial charge in [-0.25, -0.2) is 4.79 Å². The maximum Gasteiger partial charge on any atom is 0.337 e. The Kier molecular flexibility index (Phi) is 6.02. The highest BCUT2D eigenvalue weighted by Gasteiger charge is 2.13. The Morgan fingerprint density at radius 3 is 2.42 bits per heavy atom. The molecule has 1 aromatic carbocycles. The van der Waals surface area contributed by atoms with Gasteiger partial charge in [0.1, 0.15) is 0 Å². The lowest BCUT2D eigenvalue weighted by Crippen LogP contribution is -2.34. The number of ether oxygens (including phenoxy) is 1. The van der Waals surface area contributed by atoms with Crippen LogP contribution in [0, 0.1) is 5.92 Å². The minimum Gasteiger partial charge on any atom is -0.465 e. The smallest absolute Gasteiger partial charge is 0.337 e. The van der Waals surface area contributed by atoms with E-state index in [4.69, 9.17) is 5.73 Å². The van der Waals surface area contributed by atoms with Gasteiger partial charge in [-0.1, -0.05) is 19.1 Å². The Morgan fingerprint density at radius 2 is 1.95 bits per heavy atom. The van der Waals surface area contributed by atoms with E-state index >= 15 is 0 Å². The monoisotopic (exact) mass is 264 g/mol. The summed E-state index contributed by atoms with van der Waals surface area (Å²) in [7, 11) is 1.34. The van der Waals surface area contributed by atoms with E-state index in [2.05, 4.69) is 10.1 Å². The molecule has 104 valence electrons. The van der Waals surface area contributed by atoms with Gasteiger partial charge in [-0.3, -0.25) is 4.79 Å². The van der Waals surface area contributed by atoms with Gasteiger partial charge < -0.3 is 15.8 Å². The molecule has 0 saturated heterocycles. The first kappa shape index (κ1) is 15.2. The van der Waals surface area contributed by atoms with Crippen molar-refractivity contribution in [1.82, 2.24) is 5.32 Å². The number of hydrogen-bond donors (Lipinski definition) is 2. The first-order chi connectivity index (χ1) is 9.12. The number of hydrogen-bond acceptors (Lipinski definition) is 4. The van der Waals surface area contributed by atoms with E-state index in [1.807, 2.05) is 6.92 Å². The molecule has 0 spiro atoms. The number of nitrogens with two attached hydrogens (primary N) is 1. The molecule has 0 aliphatic rings. The maximum atomic E-state index is 11.7. The van der Waals surface area contributed by atoms with Crippen molar-refractivity contribution in [3.63, 3.8) is 0 Å². The van der Waals surface area contributed by atoms with Gasteiger partial charge in [0.15, 0.2) is 0 Å². The molecule has 0 bridgehead atoms. The second-order valence-electron chi connectivity index (χ2n) is 4.25. The van der Waals surface area contributed by atoms with Crippen LogP contribution in [-0.4, -0.2) is 25.5 Å². The Bertz CT molecular complexity index is 425. The highest BCUT2D eigenvalue weighted by molar-refractivity contribution is 5.89. The molecule has 0 radical (unpaired) electrons. The third-order valence-corrected chi connectivity index (χ3v) is 2.99. The largest absolute Gasteiger partial charge is 0.465 e. The number of rotatable bonds is 6. The average Bonchev–Trinajstić information content (AvgIpc) is 2.46. The van der Waals surface area contributed by atoms with Crippen LogP contribution in [0.15, 0.2) is 24.3 Å². The molecule has 0 aliphatic carbocycles. The predicted octanol–water partition coefficient (Wildman–Crippen LogP) is 1.07. The number of carbonyl (C=O) groups is 2. The fraction of sp³-hybridized carbons (Fsp3) is 0.429. The number of esters is 1. The predicted molar refractivity (Wildman–Crippen MR) is 72.5 cm³/mol. The lowest BCUT2D eigenvalue weighted by molar-refractivity contribution is -0.124. The molecule has 3 N–H and O–H groups in total. The molecule has 1 amide bonds. The van der Waals surface area contributed by atoms with Crippen LogP contribution in [0.3, 0.4) is 0 Å². The standard InChI is InChI=1S/C14H20N2O3/c1-3-11(8-15)13(17)16-9-10-4-6-12(7-5-10)14(18)19-2/h4-7,11H,3,8-9,15H2,1-2H3,(H,16,17). The number of carbonyl (C=O) groups excluding carboxylic acids is 2. The lowest BCUT2D eigenvalue weighted by atomic mass is 10.1. The molecule has 0 aromatic heterocycles. The van der Waals surface area contributed by atoms with Crippen LogP contribution in [0.4, 0.5) is 0 Å². The molecule has 0 aliphatic heterocycles.